The van der Waals surface area contributed by atoms with Gasteiger partial charge in [-0.25, -0.2) is 0 Å². The van der Waals surface area contributed by atoms with Crippen LogP contribution in [0.5, 0.6) is 0 Å². The van der Waals surface area contributed by atoms with E-state index in [2.05, 4.69) is 23.6 Å². The summed E-state index contributed by atoms with van der Waals surface area (Å²) in [4.78, 5) is 27.4. The van der Waals surface area contributed by atoms with E-state index < -0.39 is 0 Å². The van der Waals surface area contributed by atoms with Gasteiger partial charge in [0.15, 0.2) is 0 Å². The third kappa shape index (κ3) is 4.18. The van der Waals surface area contributed by atoms with Crippen molar-refractivity contribution >= 4 is 40.6 Å². The van der Waals surface area contributed by atoms with Gasteiger partial charge in [0.05, 0.1) is 5.56 Å². The lowest BCUT2D eigenvalue weighted by Gasteiger charge is -2.32. The third-order valence-corrected chi connectivity index (χ3v) is 5.97. The average molecular weight is 406 g/mol. The Morgan fingerprint density at radius 2 is 2.04 bits per heavy atom. The second kappa shape index (κ2) is 8.42. The van der Waals surface area contributed by atoms with Gasteiger partial charge in [-0.05, 0) is 60.9 Å². The zero-order valence-electron chi connectivity index (χ0n) is 15.3. The van der Waals surface area contributed by atoms with E-state index >= 15 is 0 Å². The summed E-state index contributed by atoms with van der Waals surface area (Å²) in [5.41, 5.74) is 3.86. The van der Waals surface area contributed by atoms with Crippen LogP contribution in [0.3, 0.4) is 0 Å². The number of carbonyl (C=O) groups is 2. The molecule has 0 radical (unpaired) electrons. The van der Waals surface area contributed by atoms with Crippen molar-refractivity contribution in [1.29, 1.82) is 0 Å². The van der Waals surface area contributed by atoms with Crippen LogP contribution in [0.2, 0.25) is 0 Å². The number of rotatable bonds is 3. The second-order valence-electron chi connectivity index (χ2n) is 7.06. The van der Waals surface area contributed by atoms with Crippen molar-refractivity contribution in [3.8, 4) is 0 Å². The molecule has 144 valence electrons. The van der Waals surface area contributed by atoms with E-state index in [9.17, 15) is 9.59 Å². The Bertz CT molecular complexity index is 852. The number of hydrogen-bond donors (Lipinski definition) is 2. The molecule has 0 bridgehead atoms. The Kier molecular flexibility index (Phi) is 6.19. The molecule has 1 aromatic carbocycles. The summed E-state index contributed by atoms with van der Waals surface area (Å²) in [5, 5.41) is 8.77. The molecule has 27 heavy (non-hydrogen) atoms. The summed E-state index contributed by atoms with van der Waals surface area (Å²) in [6, 6.07) is 8.02. The monoisotopic (exact) mass is 405 g/mol. The molecule has 4 rings (SSSR count). The van der Waals surface area contributed by atoms with Gasteiger partial charge in [0.25, 0.3) is 11.8 Å². The number of benzene rings is 1. The van der Waals surface area contributed by atoms with Gasteiger partial charge in [0.1, 0.15) is 5.00 Å². The maximum atomic E-state index is 12.9. The highest BCUT2D eigenvalue weighted by molar-refractivity contribution is 7.14. The standard InChI is InChI=1S/C20H23N3O2S.ClH/c1-13-12-23(9-8-21-13)20(25)17-7-10-26-19(17)22-18(24)16-6-5-14-3-2-4-15(14)11-16;/h5-7,10-11,13,21H,2-4,8-9,12H2,1H3,(H,22,24);1H. The lowest BCUT2D eigenvalue weighted by molar-refractivity contribution is 0.0710. The maximum Gasteiger partial charge on any atom is 0.256 e. The molecule has 0 spiro atoms. The van der Waals surface area contributed by atoms with E-state index in [1.807, 2.05) is 22.4 Å². The van der Waals surface area contributed by atoms with Crippen molar-refractivity contribution in [2.24, 2.45) is 0 Å². The van der Waals surface area contributed by atoms with Crippen LogP contribution in [0, 0.1) is 0 Å². The first-order chi connectivity index (χ1) is 12.6. The lowest BCUT2D eigenvalue weighted by atomic mass is 10.1. The normalized spacial score (nSPS) is 18.6. The van der Waals surface area contributed by atoms with Crippen LogP contribution < -0.4 is 10.6 Å². The molecule has 1 aromatic heterocycles. The number of amides is 2. The minimum absolute atomic E-state index is 0. The first-order valence-corrected chi connectivity index (χ1v) is 10.0. The number of hydrogen-bond acceptors (Lipinski definition) is 4. The van der Waals surface area contributed by atoms with Crippen molar-refractivity contribution in [2.45, 2.75) is 32.2 Å². The van der Waals surface area contributed by atoms with Crippen LogP contribution in [-0.4, -0.2) is 42.4 Å². The SMILES string of the molecule is CC1CN(C(=O)c2ccsc2NC(=O)c2ccc3c(c2)CCC3)CCN1.Cl. The van der Waals surface area contributed by atoms with Gasteiger partial charge in [-0.1, -0.05) is 6.07 Å². The molecule has 1 unspecified atom stereocenters. The van der Waals surface area contributed by atoms with Crippen molar-refractivity contribution in [3.63, 3.8) is 0 Å². The van der Waals surface area contributed by atoms with Crippen LogP contribution in [0.1, 0.15) is 45.2 Å². The maximum absolute atomic E-state index is 12.9. The van der Waals surface area contributed by atoms with Crippen LogP contribution >= 0.6 is 23.7 Å². The van der Waals surface area contributed by atoms with Crippen molar-refractivity contribution in [1.82, 2.24) is 10.2 Å². The van der Waals surface area contributed by atoms with E-state index in [4.69, 9.17) is 0 Å². The zero-order valence-corrected chi connectivity index (χ0v) is 16.9. The van der Waals surface area contributed by atoms with Crippen LogP contribution in [0.15, 0.2) is 29.6 Å². The highest BCUT2D eigenvalue weighted by Crippen LogP contribution is 2.27. The number of fused-ring (bicyclic) bond motifs is 1. The minimum Gasteiger partial charge on any atom is -0.336 e. The van der Waals surface area contributed by atoms with Crippen LogP contribution in [0.25, 0.3) is 0 Å². The molecule has 2 amide bonds. The van der Waals surface area contributed by atoms with Crippen LogP contribution in [-0.2, 0) is 12.8 Å². The molecule has 1 fully saturated rings. The van der Waals surface area contributed by atoms with E-state index in [1.165, 1.54) is 22.5 Å². The van der Waals surface area contributed by atoms with Gasteiger partial charge in [-0.3, -0.25) is 9.59 Å². The summed E-state index contributed by atoms with van der Waals surface area (Å²) in [7, 11) is 0. The predicted molar refractivity (Wildman–Crippen MR) is 111 cm³/mol. The molecule has 5 nitrogen and oxygen atoms in total. The van der Waals surface area contributed by atoms with E-state index in [1.54, 1.807) is 6.07 Å². The number of nitrogens with one attached hydrogen (secondary N) is 2. The van der Waals surface area contributed by atoms with Gasteiger partial charge >= 0.3 is 0 Å². The molecule has 2 aromatic rings. The molecule has 1 aliphatic carbocycles. The number of halogens is 1. The lowest BCUT2D eigenvalue weighted by Crippen LogP contribution is -2.51. The van der Waals surface area contributed by atoms with Crippen LogP contribution in [0.4, 0.5) is 5.00 Å². The first-order valence-electron chi connectivity index (χ1n) is 9.15. The van der Waals surface area contributed by atoms with Crippen molar-refractivity contribution in [2.75, 3.05) is 25.0 Å². The van der Waals surface area contributed by atoms with Gasteiger partial charge < -0.3 is 15.5 Å². The Labute approximate surface area is 169 Å². The number of thiophene rings is 1. The van der Waals surface area contributed by atoms with Crippen molar-refractivity contribution < 1.29 is 9.59 Å². The number of carbonyl (C=O) groups excluding carboxylic acids is 2. The summed E-state index contributed by atoms with van der Waals surface area (Å²) in [6.45, 7) is 4.25. The number of aryl methyl sites for hydroxylation is 2. The molecule has 2 N–H and O–H groups in total. The molecular weight excluding hydrogens is 382 g/mol. The van der Waals surface area contributed by atoms with Gasteiger partial charge in [-0.2, -0.15) is 0 Å². The van der Waals surface area contributed by atoms with Gasteiger partial charge in [0, 0.05) is 31.2 Å². The fraction of sp³-hybridized carbons (Fsp3) is 0.400. The van der Waals surface area contributed by atoms with Crippen molar-refractivity contribution in [3.05, 3.63) is 51.9 Å². The van der Waals surface area contributed by atoms with Gasteiger partial charge in [-0.15, -0.1) is 23.7 Å². The third-order valence-electron chi connectivity index (χ3n) is 5.14. The molecular formula is C20H24ClN3O2S. The molecule has 1 aliphatic heterocycles. The predicted octanol–water partition coefficient (Wildman–Crippen LogP) is 3.34. The average Bonchev–Trinajstić information content (AvgIpc) is 3.29. The number of piperazine rings is 1. The van der Waals surface area contributed by atoms with E-state index in [0.717, 1.165) is 25.8 Å². The van der Waals surface area contributed by atoms with E-state index in [0.29, 0.717) is 29.2 Å². The summed E-state index contributed by atoms with van der Waals surface area (Å²) >= 11 is 1.40. The molecule has 1 saturated heterocycles. The largest absolute Gasteiger partial charge is 0.336 e. The Morgan fingerprint density at radius 1 is 1.22 bits per heavy atom. The van der Waals surface area contributed by atoms with Gasteiger partial charge in [0.2, 0.25) is 0 Å². The first kappa shape index (κ1) is 19.9. The fourth-order valence-corrected chi connectivity index (χ4v) is 4.52. The molecule has 2 heterocycles. The molecule has 0 saturated carbocycles. The summed E-state index contributed by atoms with van der Waals surface area (Å²) in [5.74, 6) is -0.159. The Balaban J connectivity index is 0.00000210. The zero-order chi connectivity index (χ0) is 18.1. The second-order valence-corrected chi connectivity index (χ2v) is 7.98. The highest BCUT2D eigenvalue weighted by Gasteiger charge is 2.25. The number of nitrogens with zero attached hydrogens (tertiary/aromatic N) is 1. The minimum atomic E-state index is -0.148. The topological polar surface area (TPSA) is 61.4 Å². The summed E-state index contributed by atoms with van der Waals surface area (Å²) in [6.07, 6.45) is 3.30. The fourth-order valence-electron chi connectivity index (χ4n) is 3.75. The molecule has 2 aliphatic rings. The quantitative estimate of drug-likeness (QED) is 0.823. The molecule has 1 atom stereocenters. The van der Waals surface area contributed by atoms with E-state index in [-0.39, 0.29) is 30.3 Å². The Hall–Kier alpha value is -1.89. The smallest absolute Gasteiger partial charge is 0.256 e. The Morgan fingerprint density at radius 3 is 2.85 bits per heavy atom. The number of anilines is 1. The molecule has 7 heteroatoms. The highest BCUT2D eigenvalue weighted by atomic mass is 35.5. The summed E-state index contributed by atoms with van der Waals surface area (Å²) < 4.78 is 0.